The molecule has 5 aromatic carbocycles. The van der Waals surface area contributed by atoms with E-state index in [0.29, 0.717) is 49.8 Å². The smallest absolute Gasteiger partial charge is 0.243 e. The molecule has 26 heteroatoms. The molecule has 26 nitrogen and oxygen atoms in total. The molecule has 0 aliphatic carbocycles. The fourth-order valence-electron chi connectivity index (χ4n) is 10.6. The van der Waals surface area contributed by atoms with Crippen LogP contribution in [-0.2, 0) is 67.2 Å². The summed E-state index contributed by atoms with van der Waals surface area (Å²) in [6.45, 7) is 5.81. The summed E-state index contributed by atoms with van der Waals surface area (Å²) in [4.78, 5) is 144. The van der Waals surface area contributed by atoms with Crippen molar-refractivity contribution in [1.82, 2.24) is 42.5 Å². The number of benzene rings is 5. The summed E-state index contributed by atoms with van der Waals surface area (Å²) in [6.07, 6.45) is 1.79. The lowest BCUT2D eigenvalue weighted by Crippen LogP contribution is -2.60. The van der Waals surface area contributed by atoms with Gasteiger partial charge in [0, 0.05) is 32.2 Å². The van der Waals surface area contributed by atoms with Gasteiger partial charge in [0.2, 0.25) is 59.1 Å². The number of carbonyl (C=O) groups is 10. The minimum Gasteiger partial charge on any atom is -0.370 e. The highest BCUT2D eigenvalue weighted by Crippen LogP contribution is 2.22. The van der Waals surface area contributed by atoms with E-state index in [9.17, 15) is 47.9 Å². The number of nitrogens with zero attached hydrogens (tertiary/aromatic N) is 1. The average molecular weight is 1280 g/mol. The number of guanidine groups is 1. The van der Waals surface area contributed by atoms with E-state index < -0.39 is 120 Å². The number of amides is 10. The molecule has 502 valence electrons. The minimum atomic E-state index is -1.56. The standard InChI is InChI=1S/C67H94N16O10/c1-40(2)36-54(81-60(87)49(70)28-11-13-33-68)64(91)82-55(37-42-18-5-4-6-19-42)65(92)78-51(30-17-35-75-67(73)74)63(90)83-56(39-46-25-16-23-44-21-8-10-27-48(44)46)66(93)79-52(31-32-57(71)84)61(88)76-41(3)59(86)77-50(29-12-14-34-69)62(89)80-53(58(72)85)38-45-24-15-22-43-20-7-9-26-47(43)45/h4-10,15-16,18-27,40-41,49-56H,11-14,17,28-39,68-70H2,1-3H3,(H2,71,84)(H2,72,85)(H,76,88)(H,77,86)(H,78,92)(H,79,93)(H,80,89)(H,81,87)(H,82,91)(H,83,90)(H4,73,74,75)/t41-,49-,50-,51-,52-,53-,54-,55-,56-/m1/s1. The maximum atomic E-state index is 15.0. The Kier molecular flexibility index (Phi) is 30.6. The van der Waals surface area contributed by atoms with Crippen LogP contribution in [0.25, 0.3) is 21.5 Å². The normalized spacial score (nSPS) is 14.1. The largest absolute Gasteiger partial charge is 0.370 e. The van der Waals surface area contributed by atoms with Gasteiger partial charge in [-0.05, 0) is 122 Å². The fourth-order valence-corrected chi connectivity index (χ4v) is 10.6. The average Bonchev–Trinajstić information content (AvgIpc) is 1.43. The van der Waals surface area contributed by atoms with E-state index in [2.05, 4.69) is 47.5 Å². The highest BCUT2D eigenvalue weighted by molar-refractivity contribution is 5.99. The van der Waals surface area contributed by atoms with Gasteiger partial charge in [-0.3, -0.25) is 52.9 Å². The zero-order chi connectivity index (χ0) is 68.0. The van der Waals surface area contributed by atoms with Crippen LogP contribution in [0.5, 0.6) is 0 Å². The van der Waals surface area contributed by atoms with E-state index in [1.807, 2.05) is 80.6 Å². The Morgan fingerprint density at radius 2 is 0.828 bits per heavy atom. The molecule has 10 amide bonds. The Bertz CT molecular complexity index is 3350. The van der Waals surface area contributed by atoms with Crippen molar-refractivity contribution in [3.63, 3.8) is 0 Å². The lowest BCUT2D eigenvalue weighted by atomic mass is 9.97. The topological polar surface area (TPSA) is 461 Å². The predicted molar refractivity (Wildman–Crippen MR) is 357 cm³/mol. The third-order valence-corrected chi connectivity index (χ3v) is 15.7. The van der Waals surface area contributed by atoms with Crippen molar-refractivity contribution in [1.29, 1.82) is 0 Å². The van der Waals surface area contributed by atoms with Crippen molar-refractivity contribution in [3.8, 4) is 0 Å². The first-order valence-electron chi connectivity index (χ1n) is 31.7. The van der Waals surface area contributed by atoms with Crippen molar-refractivity contribution >= 4 is 86.6 Å². The third-order valence-electron chi connectivity index (χ3n) is 15.7. The van der Waals surface area contributed by atoms with Crippen molar-refractivity contribution < 1.29 is 47.9 Å². The zero-order valence-corrected chi connectivity index (χ0v) is 53.3. The van der Waals surface area contributed by atoms with Gasteiger partial charge in [-0.1, -0.05) is 136 Å². The van der Waals surface area contributed by atoms with Gasteiger partial charge in [-0.15, -0.1) is 0 Å². The molecule has 0 saturated heterocycles. The summed E-state index contributed by atoms with van der Waals surface area (Å²) in [6, 6.07) is 22.9. The van der Waals surface area contributed by atoms with Gasteiger partial charge in [0.15, 0.2) is 5.96 Å². The number of rotatable bonds is 40. The van der Waals surface area contributed by atoms with Gasteiger partial charge in [-0.2, -0.15) is 0 Å². The molecule has 0 saturated carbocycles. The van der Waals surface area contributed by atoms with Crippen LogP contribution < -0.4 is 82.7 Å². The molecule has 0 fully saturated rings. The second-order valence-electron chi connectivity index (χ2n) is 23.7. The van der Waals surface area contributed by atoms with Crippen molar-refractivity contribution in [2.75, 3.05) is 19.6 Å². The Hall–Kier alpha value is -9.53. The number of hydrogen-bond acceptors (Lipinski definition) is 14. The molecule has 0 aromatic heterocycles. The molecule has 93 heavy (non-hydrogen) atoms. The second kappa shape index (κ2) is 38.4. The lowest BCUT2D eigenvalue weighted by Gasteiger charge is -2.28. The number of nitrogens with two attached hydrogens (primary N) is 7. The second-order valence-corrected chi connectivity index (χ2v) is 23.7. The number of unbranched alkanes of at least 4 members (excludes halogenated alkanes) is 2. The Balaban J connectivity index is 1.42. The first-order chi connectivity index (χ1) is 44.5. The van der Waals surface area contributed by atoms with Gasteiger partial charge in [0.1, 0.15) is 48.3 Å². The summed E-state index contributed by atoms with van der Waals surface area (Å²) in [5.74, 6) is -8.24. The van der Waals surface area contributed by atoms with Crippen LogP contribution >= 0.6 is 0 Å². The van der Waals surface area contributed by atoms with Crippen LogP contribution in [0.15, 0.2) is 120 Å². The number of aliphatic imine (C=N–C) groups is 1. The van der Waals surface area contributed by atoms with Gasteiger partial charge >= 0.3 is 0 Å². The van der Waals surface area contributed by atoms with Crippen LogP contribution in [0.4, 0.5) is 0 Å². The summed E-state index contributed by atoms with van der Waals surface area (Å²) in [5, 5.41) is 25.1. The predicted octanol–water partition coefficient (Wildman–Crippen LogP) is 0.355. The molecule has 0 bridgehead atoms. The lowest BCUT2D eigenvalue weighted by molar-refractivity contribution is -0.136. The molecule has 5 aromatic rings. The van der Waals surface area contributed by atoms with E-state index in [-0.39, 0.29) is 76.3 Å². The van der Waals surface area contributed by atoms with Gasteiger partial charge in [0.05, 0.1) is 6.04 Å². The number of hydrogen-bond donors (Lipinski definition) is 15. The van der Waals surface area contributed by atoms with Crippen molar-refractivity contribution in [2.24, 2.45) is 51.0 Å². The van der Waals surface area contributed by atoms with Crippen LogP contribution in [-0.4, -0.2) is 139 Å². The Morgan fingerprint density at radius 3 is 1.35 bits per heavy atom. The molecule has 9 atom stereocenters. The van der Waals surface area contributed by atoms with E-state index in [1.54, 1.807) is 48.5 Å². The molecule has 0 aliphatic rings. The van der Waals surface area contributed by atoms with Gasteiger partial charge in [-0.25, -0.2) is 0 Å². The summed E-state index contributed by atoms with van der Waals surface area (Å²) in [7, 11) is 0. The molecular weight excluding hydrogens is 1190 g/mol. The zero-order valence-electron chi connectivity index (χ0n) is 53.3. The quantitative estimate of drug-likeness (QED) is 0.0143. The molecule has 0 radical (unpaired) electrons. The number of fused-ring (bicyclic) bond motifs is 2. The van der Waals surface area contributed by atoms with Crippen LogP contribution in [0, 0.1) is 5.92 Å². The highest BCUT2D eigenvalue weighted by atomic mass is 16.2. The first-order valence-corrected chi connectivity index (χ1v) is 31.7. The summed E-state index contributed by atoms with van der Waals surface area (Å²) < 4.78 is 0. The van der Waals surface area contributed by atoms with Crippen LogP contribution in [0.1, 0.15) is 108 Å². The van der Waals surface area contributed by atoms with Crippen LogP contribution in [0.3, 0.4) is 0 Å². The number of carbonyl (C=O) groups excluding carboxylic acids is 10. The number of primary amides is 2. The summed E-state index contributed by atoms with van der Waals surface area (Å²) >= 11 is 0. The monoisotopic (exact) mass is 1280 g/mol. The third kappa shape index (κ3) is 24.9. The van der Waals surface area contributed by atoms with E-state index in [0.717, 1.165) is 27.1 Å². The summed E-state index contributed by atoms with van der Waals surface area (Å²) in [5.41, 5.74) is 42.3. The molecular formula is C67H94N16O10. The fraction of sp³-hybridized carbons (Fsp3) is 0.448. The Labute approximate surface area is 542 Å². The van der Waals surface area contributed by atoms with Crippen molar-refractivity contribution in [2.45, 2.75) is 165 Å². The number of nitrogens with one attached hydrogen (secondary N) is 8. The van der Waals surface area contributed by atoms with Crippen molar-refractivity contribution in [3.05, 3.63) is 132 Å². The van der Waals surface area contributed by atoms with Gasteiger partial charge < -0.3 is 82.7 Å². The minimum absolute atomic E-state index is 0.0224. The van der Waals surface area contributed by atoms with Gasteiger partial charge in [0.25, 0.3) is 0 Å². The molecule has 0 unspecified atom stereocenters. The van der Waals surface area contributed by atoms with E-state index >= 15 is 0 Å². The highest BCUT2D eigenvalue weighted by Gasteiger charge is 2.35. The van der Waals surface area contributed by atoms with E-state index in [1.165, 1.54) is 6.92 Å². The Morgan fingerprint density at radius 1 is 0.409 bits per heavy atom. The first kappa shape index (κ1) is 74.2. The molecule has 22 N–H and O–H groups in total. The molecule has 0 aliphatic heterocycles. The molecule has 5 rings (SSSR count). The molecule has 0 heterocycles. The molecule has 0 spiro atoms. The SMILES string of the molecule is CC(C)C[C@@H](NC(=O)[C@H](N)CCCCN)C(=O)N[C@H](Cc1ccccc1)C(=O)N[C@H](CCCN=C(N)N)C(=O)N[C@H](Cc1cccc2ccccc12)C(=O)N[C@H](CCC(N)=O)C(=O)N[C@H](C)C(=O)N[C@H](CCCCN)C(=O)N[C@H](Cc1cccc2ccccc12)C(N)=O. The van der Waals surface area contributed by atoms with Crippen LogP contribution in [0.2, 0.25) is 0 Å². The van der Waals surface area contributed by atoms with E-state index in [4.69, 9.17) is 40.1 Å². The maximum absolute atomic E-state index is 15.0. The maximum Gasteiger partial charge on any atom is 0.243 e.